The fraction of sp³-hybridized carbons (Fsp3) is 1.00. The first-order valence-electron chi connectivity index (χ1n) is 6.00. The van der Waals surface area contributed by atoms with Crippen LogP contribution in [0.5, 0.6) is 0 Å². The van der Waals surface area contributed by atoms with E-state index in [0.717, 1.165) is 6.54 Å². The van der Waals surface area contributed by atoms with Crippen LogP contribution >= 0.6 is 11.8 Å². The maximum absolute atomic E-state index is 6.04. The Bertz CT molecular complexity index is 198. The topological polar surface area (TPSA) is 29.3 Å². The quantitative estimate of drug-likeness (QED) is 0.804. The third-order valence-electron chi connectivity index (χ3n) is 4.29. The minimum atomic E-state index is 0.255. The van der Waals surface area contributed by atoms with Crippen molar-refractivity contribution in [1.29, 1.82) is 0 Å². The van der Waals surface area contributed by atoms with Crippen molar-refractivity contribution in [2.75, 3.05) is 25.1 Å². The van der Waals surface area contributed by atoms with Crippen LogP contribution in [0.1, 0.15) is 40.0 Å². The smallest absolute Gasteiger partial charge is 0.0349 e. The monoisotopic (exact) mass is 230 g/mol. The summed E-state index contributed by atoms with van der Waals surface area (Å²) in [6, 6.07) is 0. The van der Waals surface area contributed by atoms with Crippen molar-refractivity contribution in [1.82, 2.24) is 4.90 Å². The maximum atomic E-state index is 6.04. The molecule has 2 N–H and O–H groups in total. The summed E-state index contributed by atoms with van der Waals surface area (Å²) in [5, 5.41) is 0. The standard InChI is InChI=1S/C12H26N2S/c1-5-11(2,3)14(4)12(10-13)6-8-15-9-7-12/h5-10,13H2,1-4H3. The Balaban J connectivity index is 2.80. The van der Waals surface area contributed by atoms with E-state index in [1.165, 1.54) is 30.8 Å². The largest absolute Gasteiger partial charge is 0.329 e. The molecule has 0 radical (unpaired) electrons. The van der Waals surface area contributed by atoms with Gasteiger partial charge in [-0.15, -0.1) is 0 Å². The molecule has 0 spiro atoms. The van der Waals surface area contributed by atoms with Gasteiger partial charge in [-0.1, -0.05) is 6.92 Å². The van der Waals surface area contributed by atoms with Crippen molar-refractivity contribution < 1.29 is 0 Å². The molecule has 0 unspecified atom stereocenters. The van der Waals surface area contributed by atoms with E-state index < -0.39 is 0 Å². The fourth-order valence-electron chi connectivity index (χ4n) is 2.31. The van der Waals surface area contributed by atoms with E-state index in [1.54, 1.807) is 0 Å². The van der Waals surface area contributed by atoms with Gasteiger partial charge in [0.2, 0.25) is 0 Å². The SMILES string of the molecule is CCC(C)(C)N(C)C1(CN)CCSCC1. The molecule has 2 nitrogen and oxygen atoms in total. The molecule has 1 heterocycles. The number of rotatable bonds is 4. The zero-order chi connectivity index (χ0) is 11.5. The van der Waals surface area contributed by atoms with Crippen molar-refractivity contribution >= 4 is 11.8 Å². The highest BCUT2D eigenvalue weighted by atomic mass is 32.2. The van der Waals surface area contributed by atoms with E-state index in [9.17, 15) is 0 Å². The first kappa shape index (κ1) is 13.3. The lowest BCUT2D eigenvalue weighted by atomic mass is 9.85. The molecular weight excluding hydrogens is 204 g/mol. The van der Waals surface area contributed by atoms with Gasteiger partial charge in [-0.2, -0.15) is 11.8 Å². The van der Waals surface area contributed by atoms with Crippen LogP contribution in [-0.2, 0) is 0 Å². The molecular formula is C12H26N2S. The van der Waals surface area contributed by atoms with Gasteiger partial charge in [0.25, 0.3) is 0 Å². The Morgan fingerprint density at radius 1 is 1.33 bits per heavy atom. The highest BCUT2D eigenvalue weighted by Gasteiger charge is 2.40. The lowest BCUT2D eigenvalue weighted by molar-refractivity contribution is 0.0176. The predicted molar refractivity (Wildman–Crippen MR) is 70.5 cm³/mol. The molecule has 15 heavy (non-hydrogen) atoms. The van der Waals surface area contributed by atoms with Crippen molar-refractivity contribution in [2.24, 2.45) is 5.73 Å². The van der Waals surface area contributed by atoms with E-state index >= 15 is 0 Å². The van der Waals surface area contributed by atoms with Crippen LogP contribution in [0, 0.1) is 0 Å². The molecule has 0 bridgehead atoms. The van der Waals surface area contributed by atoms with E-state index in [0.29, 0.717) is 0 Å². The molecule has 3 heteroatoms. The molecule has 0 aromatic heterocycles. The number of nitrogens with two attached hydrogens (primary N) is 1. The Morgan fingerprint density at radius 2 is 1.87 bits per heavy atom. The summed E-state index contributed by atoms with van der Waals surface area (Å²) in [5.41, 5.74) is 6.56. The molecule has 1 aliphatic heterocycles. The van der Waals surface area contributed by atoms with Crippen molar-refractivity contribution in [3.8, 4) is 0 Å². The van der Waals surface area contributed by atoms with Crippen LogP contribution in [0.4, 0.5) is 0 Å². The summed E-state index contributed by atoms with van der Waals surface area (Å²) in [7, 11) is 2.26. The number of hydrogen-bond donors (Lipinski definition) is 1. The van der Waals surface area contributed by atoms with Gasteiger partial charge in [0.1, 0.15) is 0 Å². The number of hydrogen-bond acceptors (Lipinski definition) is 3. The van der Waals surface area contributed by atoms with Gasteiger partial charge in [0.15, 0.2) is 0 Å². The molecule has 90 valence electrons. The van der Waals surface area contributed by atoms with Gasteiger partial charge in [-0.05, 0) is 51.7 Å². The van der Waals surface area contributed by atoms with Crippen molar-refractivity contribution in [2.45, 2.75) is 51.1 Å². The second-order valence-corrected chi connectivity index (χ2v) is 6.49. The third kappa shape index (κ3) is 2.69. The second kappa shape index (κ2) is 5.07. The van der Waals surface area contributed by atoms with E-state index in [2.05, 4.69) is 44.5 Å². The van der Waals surface area contributed by atoms with Crippen LogP contribution in [0.25, 0.3) is 0 Å². The molecule has 1 saturated heterocycles. The minimum absolute atomic E-state index is 0.255. The summed E-state index contributed by atoms with van der Waals surface area (Å²) < 4.78 is 0. The molecule has 1 rings (SSSR count). The summed E-state index contributed by atoms with van der Waals surface area (Å²) in [4.78, 5) is 2.54. The number of thioether (sulfide) groups is 1. The molecule has 1 fully saturated rings. The molecule has 0 aliphatic carbocycles. The average Bonchev–Trinajstić information content (AvgIpc) is 2.29. The van der Waals surface area contributed by atoms with Gasteiger partial charge >= 0.3 is 0 Å². The highest BCUT2D eigenvalue weighted by Crippen LogP contribution is 2.35. The zero-order valence-electron chi connectivity index (χ0n) is 10.7. The van der Waals surface area contributed by atoms with Crippen LogP contribution in [-0.4, -0.2) is 41.1 Å². The van der Waals surface area contributed by atoms with Gasteiger partial charge in [0, 0.05) is 17.6 Å². The molecule has 0 aromatic carbocycles. The van der Waals surface area contributed by atoms with Gasteiger partial charge in [0.05, 0.1) is 0 Å². The van der Waals surface area contributed by atoms with Gasteiger partial charge < -0.3 is 5.73 Å². The first-order chi connectivity index (χ1) is 6.98. The molecule has 0 aromatic rings. The predicted octanol–water partition coefficient (Wildman–Crippen LogP) is 2.33. The second-order valence-electron chi connectivity index (χ2n) is 5.27. The molecule has 0 amide bonds. The summed E-state index contributed by atoms with van der Waals surface area (Å²) >= 11 is 2.07. The summed E-state index contributed by atoms with van der Waals surface area (Å²) in [6.45, 7) is 7.71. The molecule has 0 atom stereocenters. The normalized spacial score (nSPS) is 22.0. The molecule has 0 saturated carbocycles. The van der Waals surface area contributed by atoms with Crippen LogP contribution in [0.2, 0.25) is 0 Å². The van der Waals surface area contributed by atoms with E-state index in [1.807, 2.05) is 0 Å². The fourth-order valence-corrected chi connectivity index (χ4v) is 3.56. The lowest BCUT2D eigenvalue weighted by Gasteiger charge is -2.51. The van der Waals surface area contributed by atoms with Crippen molar-refractivity contribution in [3.63, 3.8) is 0 Å². The van der Waals surface area contributed by atoms with Crippen LogP contribution in [0.3, 0.4) is 0 Å². The Hall–Kier alpha value is 0.270. The lowest BCUT2D eigenvalue weighted by Crippen LogP contribution is -2.61. The Labute approximate surface area is 99.0 Å². The minimum Gasteiger partial charge on any atom is -0.329 e. The van der Waals surface area contributed by atoms with Crippen molar-refractivity contribution in [3.05, 3.63) is 0 Å². The van der Waals surface area contributed by atoms with Gasteiger partial charge in [-0.3, -0.25) is 4.90 Å². The number of nitrogens with zero attached hydrogens (tertiary/aromatic N) is 1. The highest BCUT2D eigenvalue weighted by molar-refractivity contribution is 7.99. The van der Waals surface area contributed by atoms with E-state index in [-0.39, 0.29) is 11.1 Å². The summed E-state index contributed by atoms with van der Waals surface area (Å²) in [6.07, 6.45) is 3.67. The maximum Gasteiger partial charge on any atom is 0.0349 e. The average molecular weight is 230 g/mol. The Morgan fingerprint density at radius 3 is 2.27 bits per heavy atom. The zero-order valence-corrected chi connectivity index (χ0v) is 11.5. The third-order valence-corrected chi connectivity index (χ3v) is 5.27. The van der Waals surface area contributed by atoms with Crippen LogP contribution in [0.15, 0.2) is 0 Å². The Kier molecular flexibility index (Phi) is 4.50. The van der Waals surface area contributed by atoms with E-state index in [4.69, 9.17) is 5.73 Å². The molecule has 1 aliphatic rings. The van der Waals surface area contributed by atoms with Crippen LogP contribution < -0.4 is 5.73 Å². The number of likely N-dealkylation sites (N-methyl/N-ethyl adjacent to an activating group) is 1. The van der Waals surface area contributed by atoms with Gasteiger partial charge in [-0.25, -0.2) is 0 Å². The summed E-state index contributed by atoms with van der Waals surface area (Å²) in [5.74, 6) is 2.53. The first-order valence-corrected chi connectivity index (χ1v) is 7.16.